The van der Waals surface area contributed by atoms with Gasteiger partial charge in [0.15, 0.2) is 0 Å². The Labute approximate surface area is 123 Å². The van der Waals surface area contributed by atoms with Crippen molar-refractivity contribution in [1.82, 2.24) is 0 Å². The fourth-order valence-corrected chi connectivity index (χ4v) is 2.84. The lowest BCUT2D eigenvalue weighted by Crippen LogP contribution is -2.44. The molecule has 0 bridgehead atoms. The SMILES string of the molecule is N#Cc1ccc(Cl)cc1NC(=O)CC1(N)CCCCC1. The number of benzene rings is 1. The molecule has 0 atom stereocenters. The fourth-order valence-electron chi connectivity index (χ4n) is 2.66. The molecular weight excluding hydrogens is 274 g/mol. The zero-order chi connectivity index (χ0) is 14.6. The van der Waals surface area contributed by atoms with Gasteiger partial charge in [-0.15, -0.1) is 0 Å². The zero-order valence-corrected chi connectivity index (χ0v) is 12.0. The van der Waals surface area contributed by atoms with Crippen molar-refractivity contribution in [3.05, 3.63) is 28.8 Å². The number of hydrogen-bond donors (Lipinski definition) is 2. The van der Waals surface area contributed by atoms with Gasteiger partial charge in [-0.05, 0) is 31.0 Å². The Hall–Kier alpha value is -1.57. The van der Waals surface area contributed by atoms with E-state index in [2.05, 4.69) is 5.32 Å². The molecule has 1 aromatic carbocycles. The van der Waals surface area contributed by atoms with Crippen LogP contribution in [0.15, 0.2) is 18.2 Å². The zero-order valence-electron chi connectivity index (χ0n) is 11.3. The molecule has 0 saturated heterocycles. The van der Waals surface area contributed by atoms with Crippen molar-refractivity contribution < 1.29 is 4.79 Å². The molecule has 1 fully saturated rings. The van der Waals surface area contributed by atoms with E-state index in [-0.39, 0.29) is 12.3 Å². The molecular formula is C15H18ClN3O. The van der Waals surface area contributed by atoms with Crippen LogP contribution in [0.25, 0.3) is 0 Å². The number of nitrogens with zero attached hydrogens (tertiary/aromatic N) is 1. The fraction of sp³-hybridized carbons (Fsp3) is 0.467. The summed E-state index contributed by atoms with van der Waals surface area (Å²) in [5.41, 5.74) is 6.70. The maximum atomic E-state index is 12.1. The van der Waals surface area contributed by atoms with Crippen LogP contribution in [-0.2, 0) is 4.79 Å². The highest BCUT2D eigenvalue weighted by Crippen LogP contribution is 2.29. The van der Waals surface area contributed by atoms with Gasteiger partial charge in [-0.1, -0.05) is 30.9 Å². The van der Waals surface area contributed by atoms with Crippen LogP contribution < -0.4 is 11.1 Å². The second-order valence-corrected chi connectivity index (χ2v) is 5.89. The number of amides is 1. The molecule has 1 aliphatic carbocycles. The van der Waals surface area contributed by atoms with Crippen molar-refractivity contribution in [2.45, 2.75) is 44.1 Å². The lowest BCUT2D eigenvalue weighted by molar-refractivity contribution is -0.117. The summed E-state index contributed by atoms with van der Waals surface area (Å²) in [5, 5.41) is 12.3. The summed E-state index contributed by atoms with van der Waals surface area (Å²) in [7, 11) is 0. The molecule has 0 aliphatic heterocycles. The topological polar surface area (TPSA) is 78.9 Å². The number of anilines is 1. The molecule has 1 saturated carbocycles. The van der Waals surface area contributed by atoms with E-state index in [9.17, 15) is 4.79 Å². The number of rotatable bonds is 3. The van der Waals surface area contributed by atoms with Crippen LogP contribution in [0.1, 0.15) is 44.1 Å². The monoisotopic (exact) mass is 291 g/mol. The first-order valence-electron chi connectivity index (χ1n) is 6.81. The molecule has 1 aromatic rings. The summed E-state index contributed by atoms with van der Waals surface area (Å²) >= 11 is 5.89. The van der Waals surface area contributed by atoms with E-state index < -0.39 is 5.54 Å². The predicted molar refractivity (Wildman–Crippen MR) is 79.4 cm³/mol. The Kier molecular flexibility index (Phi) is 4.64. The van der Waals surface area contributed by atoms with E-state index in [4.69, 9.17) is 22.6 Å². The normalized spacial score (nSPS) is 17.2. The Morgan fingerprint density at radius 3 is 2.75 bits per heavy atom. The molecule has 106 valence electrons. The van der Waals surface area contributed by atoms with Gasteiger partial charge in [0.05, 0.1) is 11.3 Å². The molecule has 4 nitrogen and oxygen atoms in total. The van der Waals surface area contributed by atoms with E-state index in [0.717, 1.165) is 25.7 Å². The first-order valence-corrected chi connectivity index (χ1v) is 7.19. The summed E-state index contributed by atoms with van der Waals surface area (Å²) < 4.78 is 0. The average Bonchev–Trinajstić information content (AvgIpc) is 2.39. The van der Waals surface area contributed by atoms with Crippen LogP contribution in [0.2, 0.25) is 5.02 Å². The molecule has 2 rings (SSSR count). The highest BCUT2D eigenvalue weighted by molar-refractivity contribution is 6.31. The van der Waals surface area contributed by atoms with Gasteiger partial charge in [0.25, 0.3) is 0 Å². The molecule has 0 spiro atoms. The van der Waals surface area contributed by atoms with Crippen molar-refractivity contribution in [3.63, 3.8) is 0 Å². The third-order valence-corrected chi connectivity index (χ3v) is 3.97. The average molecular weight is 292 g/mol. The molecule has 20 heavy (non-hydrogen) atoms. The molecule has 0 heterocycles. The second-order valence-electron chi connectivity index (χ2n) is 5.45. The number of carbonyl (C=O) groups is 1. The maximum absolute atomic E-state index is 12.1. The van der Waals surface area contributed by atoms with Crippen LogP contribution in [0.5, 0.6) is 0 Å². The van der Waals surface area contributed by atoms with Gasteiger partial charge in [-0.3, -0.25) is 4.79 Å². The lowest BCUT2D eigenvalue weighted by atomic mass is 9.80. The summed E-state index contributed by atoms with van der Waals surface area (Å²) in [6.45, 7) is 0. The number of nitrogens with two attached hydrogens (primary N) is 1. The first kappa shape index (κ1) is 14.8. The number of nitrogens with one attached hydrogen (secondary N) is 1. The van der Waals surface area contributed by atoms with Gasteiger partial charge in [0.1, 0.15) is 6.07 Å². The highest BCUT2D eigenvalue weighted by atomic mass is 35.5. The molecule has 0 unspecified atom stereocenters. The Morgan fingerprint density at radius 2 is 2.10 bits per heavy atom. The van der Waals surface area contributed by atoms with E-state index in [1.165, 1.54) is 6.42 Å². The standard InChI is InChI=1S/C15H18ClN3O/c16-12-5-4-11(10-17)13(8-12)19-14(20)9-15(18)6-2-1-3-7-15/h4-5,8H,1-3,6-7,9,18H2,(H,19,20). The largest absolute Gasteiger partial charge is 0.325 e. The van der Waals surface area contributed by atoms with Crippen LogP contribution in [-0.4, -0.2) is 11.4 Å². The summed E-state index contributed by atoms with van der Waals surface area (Å²) in [6.07, 6.45) is 5.37. The van der Waals surface area contributed by atoms with Crippen molar-refractivity contribution in [2.75, 3.05) is 5.32 Å². The van der Waals surface area contributed by atoms with Crippen molar-refractivity contribution in [2.24, 2.45) is 5.73 Å². The Bertz CT molecular complexity index is 545. The molecule has 1 aliphatic rings. The minimum Gasteiger partial charge on any atom is -0.325 e. The smallest absolute Gasteiger partial charge is 0.226 e. The number of carbonyl (C=O) groups excluding carboxylic acids is 1. The van der Waals surface area contributed by atoms with Crippen molar-refractivity contribution in [3.8, 4) is 6.07 Å². The Morgan fingerprint density at radius 1 is 1.40 bits per heavy atom. The van der Waals surface area contributed by atoms with Gasteiger partial charge < -0.3 is 11.1 Å². The number of nitriles is 1. The van der Waals surface area contributed by atoms with Crippen molar-refractivity contribution in [1.29, 1.82) is 5.26 Å². The van der Waals surface area contributed by atoms with Crippen LogP contribution >= 0.6 is 11.6 Å². The van der Waals surface area contributed by atoms with E-state index in [0.29, 0.717) is 16.3 Å². The summed E-state index contributed by atoms with van der Waals surface area (Å²) in [6, 6.07) is 6.84. The van der Waals surface area contributed by atoms with Gasteiger partial charge in [0.2, 0.25) is 5.91 Å². The highest BCUT2D eigenvalue weighted by Gasteiger charge is 2.30. The quantitative estimate of drug-likeness (QED) is 0.897. The minimum absolute atomic E-state index is 0.159. The third kappa shape index (κ3) is 3.72. The molecule has 0 aromatic heterocycles. The third-order valence-electron chi connectivity index (χ3n) is 3.74. The lowest BCUT2D eigenvalue weighted by Gasteiger charge is -2.32. The maximum Gasteiger partial charge on any atom is 0.226 e. The van der Waals surface area contributed by atoms with Crippen LogP contribution in [0.4, 0.5) is 5.69 Å². The molecule has 0 radical (unpaired) electrons. The Balaban J connectivity index is 2.05. The second kappa shape index (κ2) is 6.25. The summed E-state index contributed by atoms with van der Waals surface area (Å²) in [5.74, 6) is -0.159. The van der Waals surface area contributed by atoms with Crippen molar-refractivity contribution >= 4 is 23.2 Å². The van der Waals surface area contributed by atoms with E-state index in [1.807, 2.05) is 6.07 Å². The number of halogens is 1. The number of hydrogen-bond acceptors (Lipinski definition) is 3. The van der Waals surface area contributed by atoms with Crippen LogP contribution in [0, 0.1) is 11.3 Å². The molecule has 5 heteroatoms. The van der Waals surface area contributed by atoms with Gasteiger partial charge in [-0.2, -0.15) is 5.26 Å². The van der Waals surface area contributed by atoms with Gasteiger partial charge >= 0.3 is 0 Å². The van der Waals surface area contributed by atoms with E-state index in [1.54, 1.807) is 18.2 Å². The summed E-state index contributed by atoms with van der Waals surface area (Å²) in [4.78, 5) is 12.1. The van der Waals surface area contributed by atoms with E-state index >= 15 is 0 Å². The predicted octanol–water partition coefficient (Wildman–Crippen LogP) is 3.20. The minimum atomic E-state index is -0.409. The molecule has 3 N–H and O–H groups in total. The first-order chi connectivity index (χ1) is 9.52. The van der Waals surface area contributed by atoms with Gasteiger partial charge in [-0.25, -0.2) is 0 Å². The van der Waals surface area contributed by atoms with Gasteiger partial charge in [0, 0.05) is 17.0 Å². The molecule has 1 amide bonds. The van der Waals surface area contributed by atoms with Crippen LogP contribution in [0.3, 0.4) is 0 Å².